The molecule has 2 aliphatic rings. The van der Waals surface area contributed by atoms with Crippen LogP contribution in [0.2, 0.25) is 0 Å². The molecule has 2 N–H and O–H groups in total. The summed E-state index contributed by atoms with van der Waals surface area (Å²) in [5.74, 6) is 1.15. The first-order valence-electron chi connectivity index (χ1n) is 7.95. The van der Waals surface area contributed by atoms with Crippen LogP contribution in [0.3, 0.4) is 0 Å². The Bertz CT molecular complexity index is 476. The van der Waals surface area contributed by atoms with Crippen LogP contribution in [-0.2, 0) is 4.74 Å². The Kier molecular flexibility index (Phi) is 4.87. The van der Waals surface area contributed by atoms with E-state index in [1.165, 1.54) is 43.5 Å². The summed E-state index contributed by atoms with van der Waals surface area (Å²) in [7, 11) is 0. The maximum atomic E-state index is 13.6. The fraction of sp³-hybridized carbons (Fsp3) is 0.647. The van der Waals surface area contributed by atoms with Gasteiger partial charge in [-0.1, -0.05) is 25.0 Å². The Hall–Kier alpha value is -0.580. The number of hydrogen-bond acceptors (Lipinski definition) is 3. The molecule has 0 aromatic heterocycles. The Morgan fingerprint density at radius 2 is 2.10 bits per heavy atom. The predicted molar refractivity (Wildman–Crippen MR) is 85.0 cm³/mol. The van der Waals surface area contributed by atoms with E-state index in [1.807, 2.05) is 12.1 Å². The van der Waals surface area contributed by atoms with Gasteiger partial charge < -0.3 is 10.5 Å². The number of nitrogens with two attached hydrogens (primary N) is 1. The van der Waals surface area contributed by atoms with Crippen molar-refractivity contribution in [2.24, 2.45) is 11.7 Å². The summed E-state index contributed by atoms with van der Waals surface area (Å²) in [5, 5.41) is 0. The summed E-state index contributed by atoms with van der Waals surface area (Å²) >= 11 is 1.54. The molecular weight excluding hydrogens is 285 g/mol. The van der Waals surface area contributed by atoms with E-state index in [1.54, 1.807) is 6.07 Å². The molecule has 1 aliphatic heterocycles. The van der Waals surface area contributed by atoms with Gasteiger partial charge in [-0.2, -0.15) is 0 Å². The van der Waals surface area contributed by atoms with Gasteiger partial charge in [0.15, 0.2) is 0 Å². The second kappa shape index (κ2) is 6.67. The second-order valence-electron chi connectivity index (χ2n) is 6.40. The summed E-state index contributed by atoms with van der Waals surface area (Å²) in [6.45, 7) is 0.836. The van der Waals surface area contributed by atoms with Crippen LogP contribution in [0.15, 0.2) is 29.2 Å². The minimum absolute atomic E-state index is 0.114. The minimum Gasteiger partial charge on any atom is -0.375 e. The summed E-state index contributed by atoms with van der Waals surface area (Å²) < 4.78 is 19.7. The van der Waals surface area contributed by atoms with Crippen molar-refractivity contribution in [2.75, 3.05) is 12.4 Å². The standard InChI is InChI=1S/C17H24FNOS/c18-14-5-1-2-6-16(14)21-12-15(19)13-7-10-20-17(11-13)8-3-4-9-17/h1-2,5-6,13,15H,3-4,7-12,19H2. The lowest BCUT2D eigenvalue weighted by Crippen LogP contribution is -2.44. The van der Waals surface area contributed by atoms with Gasteiger partial charge >= 0.3 is 0 Å². The summed E-state index contributed by atoms with van der Waals surface area (Å²) in [6, 6.07) is 7.06. The van der Waals surface area contributed by atoms with Crippen LogP contribution in [0.25, 0.3) is 0 Å². The van der Waals surface area contributed by atoms with E-state index in [-0.39, 0.29) is 17.5 Å². The van der Waals surface area contributed by atoms with Crippen LogP contribution >= 0.6 is 11.8 Å². The van der Waals surface area contributed by atoms with Gasteiger partial charge in [-0.25, -0.2) is 4.39 Å². The molecule has 4 heteroatoms. The van der Waals surface area contributed by atoms with Crippen molar-refractivity contribution in [2.45, 2.75) is 55.1 Å². The number of thioether (sulfide) groups is 1. The molecule has 1 aliphatic carbocycles. The zero-order valence-electron chi connectivity index (χ0n) is 12.4. The van der Waals surface area contributed by atoms with E-state index in [9.17, 15) is 4.39 Å². The molecule has 0 amide bonds. The van der Waals surface area contributed by atoms with Crippen molar-refractivity contribution < 1.29 is 9.13 Å². The average molecular weight is 309 g/mol. The second-order valence-corrected chi connectivity index (χ2v) is 7.46. The molecule has 2 nitrogen and oxygen atoms in total. The van der Waals surface area contributed by atoms with Crippen molar-refractivity contribution in [3.8, 4) is 0 Å². The molecule has 0 bridgehead atoms. The molecule has 1 heterocycles. The molecule has 2 fully saturated rings. The van der Waals surface area contributed by atoms with Gasteiger partial charge in [0.05, 0.1) is 5.60 Å². The quantitative estimate of drug-likeness (QED) is 0.854. The molecule has 0 radical (unpaired) electrons. The molecular formula is C17H24FNOS. The number of benzene rings is 1. The van der Waals surface area contributed by atoms with E-state index in [0.717, 1.165) is 25.2 Å². The normalized spacial score (nSPS) is 26.1. The maximum Gasteiger partial charge on any atom is 0.136 e. The fourth-order valence-electron chi connectivity index (χ4n) is 3.68. The Morgan fingerprint density at radius 1 is 1.33 bits per heavy atom. The first kappa shape index (κ1) is 15.3. The zero-order chi connectivity index (χ0) is 14.7. The van der Waals surface area contributed by atoms with Crippen LogP contribution in [0, 0.1) is 11.7 Å². The number of halogens is 1. The highest BCUT2D eigenvalue weighted by Crippen LogP contribution is 2.43. The van der Waals surface area contributed by atoms with Gasteiger partial charge in [0, 0.05) is 23.3 Å². The third kappa shape index (κ3) is 3.61. The molecule has 21 heavy (non-hydrogen) atoms. The van der Waals surface area contributed by atoms with Crippen molar-refractivity contribution >= 4 is 11.8 Å². The fourth-order valence-corrected chi connectivity index (χ4v) is 4.71. The van der Waals surface area contributed by atoms with E-state index < -0.39 is 0 Å². The molecule has 1 saturated carbocycles. The first-order chi connectivity index (χ1) is 10.2. The van der Waals surface area contributed by atoms with Crippen molar-refractivity contribution in [1.29, 1.82) is 0 Å². The van der Waals surface area contributed by atoms with Crippen LogP contribution in [0.1, 0.15) is 38.5 Å². The van der Waals surface area contributed by atoms with Crippen molar-refractivity contribution in [1.82, 2.24) is 0 Å². The number of ether oxygens (including phenoxy) is 1. The van der Waals surface area contributed by atoms with Gasteiger partial charge in [0.2, 0.25) is 0 Å². The maximum absolute atomic E-state index is 13.6. The monoisotopic (exact) mass is 309 g/mol. The molecule has 1 spiro atoms. The summed E-state index contributed by atoms with van der Waals surface area (Å²) in [5.41, 5.74) is 6.51. The average Bonchev–Trinajstić information content (AvgIpc) is 2.94. The number of hydrogen-bond donors (Lipinski definition) is 1. The largest absolute Gasteiger partial charge is 0.375 e. The summed E-state index contributed by atoms with van der Waals surface area (Å²) in [4.78, 5) is 0.704. The van der Waals surface area contributed by atoms with E-state index >= 15 is 0 Å². The Balaban J connectivity index is 1.55. The molecule has 1 aromatic carbocycles. The van der Waals surface area contributed by atoms with E-state index in [4.69, 9.17) is 10.5 Å². The van der Waals surface area contributed by atoms with Crippen molar-refractivity contribution in [3.05, 3.63) is 30.1 Å². The van der Waals surface area contributed by atoms with E-state index in [0.29, 0.717) is 10.8 Å². The van der Waals surface area contributed by atoms with Gasteiger partial charge in [-0.3, -0.25) is 0 Å². The zero-order valence-corrected chi connectivity index (χ0v) is 13.2. The van der Waals surface area contributed by atoms with E-state index in [2.05, 4.69) is 0 Å². The van der Waals surface area contributed by atoms with Crippen LogP contribution in [0.5, 0.6) is 0 Å². The third-order valence-corrected chi connectivity index (χ3v) is 6.11. The highest BCUT2D eigenvalue weighted by atomic mass is 32.2. The first-order valence-corrected chi connectivity index (χ1v) is 8.94. The predicted octanol–water partition coefficient (Wildman–Crippen LogP) is 3.98. The van der Waals surface area contributed by atoms with Crippen LogP contribution < -0.4 is 5.73 Å². The highest BCUT2D eigenvalue weighted by Gasteiger charge is 2.41. The topological polar surface area (TPSA) is 35.2 Å². The lowest BCUT2D eigenvalue weighted by molar-refractivity contribution is -0.0951. The van der Waals surface area contributed by atoms with Gasteiger partial charge in [-0.15, -0.1) is 11.8 Å². The smallest absolute Gasteiger partial charge is 0.136 e. The molecule has 1 aromatic rings. The van der Waals surface area contributed by atoms with Gasteiger partial charge in [-0.05, 0) is 43.7 Å². The third-order valence-electron chi connectivity index (χ3n) is 4.92. The Labute approximate surface area is 130 Å². The van der Waals surface area contributed by atoms with Crippen LogP contribution in [-0.4, -0.2) is 24.0 Å². The van der Waals surface area contributed by atoms with Gasteiger partial charge in [0.25, 0.3) is 0 Å². The van der Waals surface area contributed by atoms with Crippen molar-refractivity contribution in [3.63, 3.8) is 0 Å². The SMILES string of the molecule is NC(CSc1ccccc1F)C1CCOC2(CCCC2)C1. The minimum atomic E-state index is -0.144. The molecule has 2 unspecified atom stereocenters. The highest BCUT2D eigenvalue weighted by molar-refractivity contribution is 7.99. The number of rotatable bonds is 4. The summed E-state index contributed by atoms with van der Waals surface area (Å²) in [6.07, 6.45) is 7.08. The molecule has 2 atom stereocenters. The lowest BCUT2D eigenvalue weighted by Gasteiger charge is -2.40. The van der Waals surface area contributed by atoms with Crippen LogP contribution in [0.4, 0.5) is 4.39 Å². The molecule has 3 rings (SSSR count). The van der Waals surface area contributed by atoms with Gasteiger partial charge in [0.1, 0.15) is 5.82 Å². The molecule has 116 valence electrons. The lowest BCUT2D eigenvalue weighted by atomic mass is 9.81. The molecule has 1 saturated heterocycles. The Morgan fingerprint density at radius 3 is 2.86 bits per heavy atom.